The molecule has 1 aliphatic rings. The first-order chi connectivity index (χ1) is 8.92. The normalized spacial score (nSPS) is 23.1. The third-order valence-electron chi connectivity index (χ3n) is 3.30. The number of piperidine rings is 1. The molecule has 1 aliphatic heterocycles. The van der Waals surface area contributed by atoms with E-state index in [0.717, 1.165) is 19.5 Å². The van der Waals surface area contributed by atoms with Crippen molar-refractivity contribution in [2.75, 3.05) is 13.1 Å². The van der Waals surface area contributed by atoms with Gasteiger partial charge >= 0.3 is 0 Å². The van der Waals surface area contributed by atoms with E-state index in [1.54, 1.807) is 18.2 Å². The van der Waals surface area contributed by atoms with Crippen LogP contribution in [0, 0.1) is 5.92 Å². The van der Waals surface area contributed by atoms with E-state index in [1.807, 2.05) is 6.92 Å². The largest absolute Gasteiger partial charge is 0.316 e. The summed E-state index contributed by atoms with van der Waals surface area (Å²) in [5.74, 6) is 0.265. The fraction of sp³-hybridized carbons (Fsp3) is 0.500. The average Bonchev–Trinajstić information content (AvgIpc) is 2.35. The molecular formula is C12H17BrCl2N2O2S. The highest BCUT2D eigenvalue weighted by atomic mass is 79.9. The van der Waals surface area contributed by atoms with Crippen LogP contribution in [0.5, 0.6) is 0 Å². The van der Waals surface area contributed by atoms with Gasteiger partial charge in [-0.15, -0.1) is 12.4 Å². The summed E-state index contributed by atoms with van der Waals surface area (Å²) in [4.78, 5) is 0.186. The van der Waals surface area contributed by atoms with E-state index < -0.39 is 10.0 Å². The maximum atomic E-state index is 12.4. The molecule has 2 N–H and O–H groups in total. The number of hydrogen-bond acceptors (Lipinski definition) is 3. The molecule has 1 aromatic rings. The van der Waals surface area contributed by atoms with Gasteiger partial charge in [-0.3, -0.25) is 0 Å². The lowest BCUT2D eigenvalue weighted by molar-refractivity contribution is 0.328. The molecule has 4 nitrogen and oxygen atoms in total. The van der Waals surface area contributed by atoms with Crippen LogP contribution >= 0.6 is 39.9 Å². The summed E-state index contributed by atoms with van der Waals surface area (Å²) in [5.41, 5.74) is 0. The Balaban J connectivity index is 0.00000200. The van der Waals surface area contributed by atoms with Gasteiger partial charge in [0.15, 0.2) is 0 Å². The summed E-state index contributed by atoms with van der Waals surface area (Å²) >= 11 is 9.17. The second-order valence-electron chi connectivity index (χ2n) is 4.75. The Morgan fingerprint density at radius 3 is 2.80 bits per heavy atom. The molecular weight excluding hydrogens is 387 g/mol. The third kappa shape index (κ3) is 4.08. The zero-order chi connectivity index (χ0) is 14.0. The second-order valence-corrected chi connectivity index (χ2v) is 7.63. The fourth-order valence-corrected chi connectivity index (χ4v) is 4.76. The molecule has 0 aliphatic carbocycles. The van der Waals surface area contributed by atoms with Crippen molar-refractivity contribution in [1.29, 1.82) is 0 Å². The van der Waals surface area contributed by atoms with Crippen molar-refractivity contribution in [2.45, 2.75) is 24.3 Å². The lowest BCUT2D eigenvalue weighted by Crippen LogP contribution is -2.48. The van der Waals surface area contributed by atoms with Crippen LogP contribution in [-0.4, -0.2) is 27.5 Å². The highest BCUT2D eigenvalue weighted by molar-refractivity contribution is 9.10. The number of sulfonamides is 1. The minimum atomic E-state index is -3.56. The number of nitrogens with one attached hydrogen (secondary N) is 2. The first-order valence-electron chi connectivity index (χ1n) is 6.09. The van der Waals surface area contributed by atoms with E-state index in [4.69, 9.17) is 11.6 Å². The smallest absolute Gasteiger partial charge is 0.242 e. The zero-order valence-corrected chi connectivity index (χ0v) is 14.9. The van der Waals surface area contributed by atoms with Gasteiger partial charge in [-0.1, -0.05) is 24.6 Å². The topological polar surface area (TPSA) is 58.2 Å². The van der Waals surface area contributed by atoms with Gasteiger partial charge in [-0.25, -0.2) is 13.1 Å². The summed E-state index contributed by atoms with van der Waals surface area (Å²) in [6.45, 7) is 3.69. The van der Waals surface area contributed by atoms with Gasteiger partial charge in [0.25, 0.3) is 0 Å². The van der Waals surface area contributed by atoms with Crippen molar-refractivity contribution >= 4 is 50.0 Å². The van der Waals surface area contributed by atoms with Crippen molar-refractivity contribution in [3.63, 3.8) is 0 Å². The summed E-state index contributed by atoms with van der Waals surface area (Å²) in [7, 11) is -3.56. The summed E-state index contributed by atoms with van der Waals surface area (Å²) in [6, 6.07) is 4.78. The number of halogens is 3. The van der Waals surface area contributed by atoms with Crippen molar-refractivity contribution in [3.8, 4) is 0 Å². The highest BCUT2D eigenvalue weighted by Gasteiger charge is 2.28. The Labute approximate surface area is 139 Å². The van der Waals surface area contributed by atoms with E-state index in [2.05, 4.69) is 26.0 Å². The van der Waals surface area contributed by atoms with Crippen LogP contribution in [-0.2, 0) is 10.0 Å². The molecule has 0 spiro atoms. The molecule has 0 amide bonds. The van der Waals surface area contributed by atoms with E-state index in [0.29, 0.717) is 9.50 Å². The van der Waals surface area contributed by atoms with Gasteiger partial charge in [-0.05, 0) is 53.5 Å². The lowest BCUT2D eigenvalue weighted by Gasteiger charge is -2.30. The minimum Gasteiger partial charge on any atom is -0.316 e. The first kappa shape index (κ1) is 18.2. The second kappa shape index (κ2) is 7.42. The van der Waals surface area contributed by atoms with Gasteiger partial charge in [0.2, 0.25) is 10.0 Å². The standard InChI is InChI=1S/C12H16BrClN2O2S.ClH/c1-8-7-15-6-5-10(8)16-19(17,18)11-4-2-3-9(14)12(11)13;/h2-4,8,10,15-16H,5-7H2,1H3;1H. The fourth-order valence-electron chi connectivity index (χ4n) is 2.14. The van der Waals surface area contributed by atoms with Crippen LogP contribution in [0.25, 0.3) is 0 Å². The molecule has 1 fully saturated rings. The van der Waals surface area contributed by atoms with Crippen molar-refractivity contribution < 1.29 is 8.42 Å². The van der Waals surface area contributed by atoms with Gasteiger partial charge in [0, 0.05) is 6.04 Å². The number of benzene rings is 1. The first-order valence-corrected chi connectivity index (χ1v) is 8.74. The summed E-state index contributed by atoms with van der Waals surface area (Å²) in [5, 5.41) is 3.64. The molecule has 8 heteroatoms. The van der Waals surface area contributed by atoms with Crippen LogP contribution in [0.15, 0.2) is 27.6 Å². The number of hydrogen-bond donors (Lipinski definition) is 2. The molecule has 1 aromatic carbocycles. The van der Waals surface area contributed by atoms with Crippen molar-refractivity contribution in [1.82, 2.24) is 10.0 Å². The van der Waals surface area contributed by atoms with Crippen molar-refractivity contribution in [2.24, 2.45) is 5.92 Å². The predicted octanol–water partition coefficient (Wildman–Crippen LogP) is 2.80. The quantitative estimate of drug-likeness (QED) is 0.815. The van der Waals surface area contributed by atoms with E-state index in [-0.39, 0.29) is 29.3 Å². The summed E-state index contributed by atoms with van der Waals surface area (Å²) in [6.07, 6.45) is 0.790. The molecule has 2 unspecified atom stereocenters. The van der Waals surface area contributed by atoms with E-state index in [1.165, 1.54) is 0 Å². The molecule has 0 radical (unpaired) electrons. The Bertz CT molecular complexity index is 569. The average molecular weight is 404 g/mol. The molecule has 114 valence electrons. The SMILES string of the molecule is CC1CNCCC1NS(=O)(=O)c1cccc(Cl)c1Br.Cl. The summed E-state index contributed by atoms with van der Waals surface area (Å²) < 4.78 is 28.0. The molecule has 0 saturated carbocycles. The predicted molar refractivity (Wildman–Crippen MR) is 87.2 cm³/mol. The van der Waals surface area contributed by atoms with Crippen molar-refractivity contribution in [3.05, 3.63) is 27.7 Å². The van der Waals surface area contributed by atoms with Gasteiger partial charge in [-0.2, -0.15) is 0 Å². The molecule has 1 saturated heterocycles. The van der Waals surface area contributed by atoms with Crippen LogP contribution in [0.1, 0.15) is 13.3 Å². The Kier molecular flexibility index (Phi) is 6.76. The molecule has 0 bridgehead atoms. The van der Waals surface area contributed by atoms with Crippen LogP contribution in [0.3, 0.4) is 0 Å². The monoisotopic (exact) mass is 402 g/mol. The number of rotatable bonds is 3. The molecule has 1 heterocycles. The highest BCUT2D eigenvalue weighted by Crippen LogP contribution is 2.29. The lowest BCUT2D eigenvalue weighted by atomic mass is 9.97. The van der Waals surface area contributed by atoms with Crippen LogP contribution < -0.4 is 10.0 Å². The Hall–Kier alpha value is 0.150. The zero-order valence-electron chi connectivity index (χ0n) is 10.9. The van der Waals surface area contributed by atoms with Crippen LogP contribution in [0.4, 0.5) is 0 Å². The Morgan fingerprint density at radius 2 is 2.15 bits per heavy atom. The molecule has 2 rings (SSSR count). The van der Waals surface area contributed by atoms with Gasteiger partial charge in [0.1, 0.15) is 0 Å². The Morgan fingerprint density at radius 1 is 1.45 bits per heavy atom. The minimum absolute atomic E-state index is 0. The third-order valence-corrected chi connectivity index (χ3v) is 6.49. The maximum absolute atomic E-state index is 12.4. The van der Waals surface area contributed by atoms with Crippen LogP contribution in [0.2, 0.25) is 5.02 Å². The maximum Gasteiger partial charge on any atom is 0.242 e. The van der Waals surface area contributed by atoms with E-state index in [9.17, 15) is 8.42 Å². The molecule has 20 heavy (non-hydrogen) atoms. The molecule has 2 atom stereocenters. The molecule has 0 aromatic heterocycles. The van der Waals surface area contributed by atoms with Gasteiger partial charge in [0.05, 0.1) is 14.4 Å². The van der Waals surface area contributed by atoms with Gasteiger partial charge < -0.3 is 5.32 Å². The van der Waals surface area contributed by atoms with E-state index >= 15 is 0 Å².